The highest BCUT2D eigenvalue weighted by Gasteiger charge is 2.27. The molecule has 0 aromatic heterocycles. The van der Waals surface area contributed by atoms with E-state index < -0.39 is 26.7 Å². The number of rotatable bonds is 10. The molecule has 0 heterocycles. The first kappa shape index (κ1) is 21.0. The fraction of sp³-hybridized carbons (Fsp3) is 0.611. The van der Waals surface area contributed by atoms with Crippen LogP contribution < -0.4 is 5.32 Å². The van der Waals surface area contributed by atoms with E-state index in [-0.39, 0.29) is 6.04 Å². The maximum Gasteiger partial charge on any atom is 0.235 e. The van der Waals surface area contributed by atoms with Crippen molar-refractivity contribution in [1.29, 1.82) is 0 Å². The zero-order valence-corrected chi connectivity index (χ0v) is 16.3. The van der Waals surface area contributed by atoms with Crippen LogP contribution in [0.2, 0.25) is 5.02 Å². The van der Waals surface area contributed by atoms with Gasteiger partial charge >= 0.3 is 0 Å². The molecule has 0 spiro atoms. The standard InChI is InChI=1S/C18H28ClNO3S/c1-4-5-6-7-10-14(2)20-18(21)13-24(22,23)15(3)16-11-8-9-12-17(16)19/h8-9,11-12,14-15H,4-7,10,13H2,1-3H3,(H,20,21)/t14-,15+/m0/s1. The molecule has 1 amide bonds. The number of nitrogens with one attached hydrogen (secondary N) is 1. The molecule has 1 aromatic carbocycles. The first-order valence-electron chi connectivity index (χ1n) is 8.53. The van der Waals surface area contributed by atoms with Crippen LogP contribution in [0.1, 0.15) is 63.7 Å². The number of sulfone groups is 1. The highest BCUT2D eigenvalue weighted by molar-refractivity contribution is 7.92. The molecule has 0 fully saturated rings. The van der Waals surface area contributed by atoms with Crippen LogP contribution >= 0.6 is 11.6 Å². The Kier molecular flexibility index (Phi) is 8.78. The molecule has 0 saturated heterocycles. The van der Waals surface area contributed by atoms with Gasteiger partial charge in [0, 0.05) is 11.1 Å². The highest BCUT2D eigenvalue weighted by atomic mass is 35.5. The summed E-state index contributed by atoms with van der Waals surface area (Å²) in [6.07, 6.45) is 5.39. The average Bonchev–Trinajstić information content (AvgIpc) is 2.50. The maximum absolute atomic E-state index is 12.5. The molecule has 136 valence electrons. The summed E-state index contributed by atoms with van der Waals surface area (Å²) in [6.45, 7) is 5.63. The van der Waals surface area contributed by atoms with E-state index in [0.29, 0.717) is 10.6 Å². The largest absolute Gasteiger partial charge is 0.353 e. The highest BCUT2D eigenvalue weighted by Crippen LogP contribution is 2.28. The lowest BCUT2D eigenvalue weighted by atomic mass is 10.1. The van der Waals surface area contributed by atoms with Gasteiger partial charge in [0.15, 0.2) is 9.84 Å². The lowest BCUT2D eigenvalue weighted by molar-refractivity contribution is -0.119. The maximum atomic E-state index is 12.5. The van der Waals surface area contributed by atoms with Gasteiger partial charge in [0.2, 0.25) is 5.91 Å². The number of carbonyl (C=O) groups excluding carboxylic acids is 1. The lowest BCUT2D eigenvalue weighted by Crippen LogP contribution is -2.37. The molecule has 1 rings (SSSR count). The molecule has 0 unspecified atom stereocenters. The number of unbranched alkanes of at least 4 members (excludes halogenated alkanes) is 3. The number of hydrogen-bond donors (Lipinski definition) is 1. The van der Waals surface area contributed by atoms with Crippen molar-refractivity contribution in [2.24, 2.45) is 0 Å². The summed E-state index contributed by atoms with van der Waals surface area (Å²) in [5.74, 6) is -0.963. The van der Waals surface area contributed by atoms with Crippen LogP contribution in [0.15, 0.2) is 24.3 Å². The molecule has 1 aromatic rings. The van der Waals surface area contributed by atoms with Gasteiger partial charge in [-0.15, -0.1) is 0 Å². The van der Waals surface area contributed by atoms with Crippen LogP contribution in [0.5, 0.6) is 0 Å². The second kappa shape index (κ2) is 10.0. The van der Waals surface area contributed by atoms with Gasteiger partial charge in [-0.3, -0.25) is 4.79 Å². The van der Waals surface area contributed by atoms with E-state index in [0.717, 1.165) is 19.3 Å². The Morgan fingerprint density at radius 1 is 1.17 bits per heavy atom. The number of halogens is 1. The summed E-state index contributed by atoms with van der Waals surface area (Å²) in [4.78, 5) is 12.1. The summed E-state index contributed by atoms with van der Waals surface area (Å²) in [5, 5.41) is 2.38. The van der Waals surface area contributed by atoms with E-state index >= 15 is 0 Å². The number of benzene rings is 1. The normalized spacial score (nSPS) is 14.2. The smallest absolute Gasteiger partial charge is 0.235 e. The minimum atomic E-state index is -3.61. The molecular formula is C18H28ClNO3S. The quantitative estimate of drug-likeness (QED) is 0.622. The predicted octanol–water partition coefficient (Wildman–Crippen LogP) is 4.29. The molecule has 0 aliphatic carbocycles. The van der Waals surface area contributed by atoms with Crippen LogP contribution in [0.25, 0.3) is 0 Å². The average molecular weight is 374 g/mol. The van der Waals surface area contributed by atoms with Gasteiger partial charge in [0.05, 0.1) is 5.25 Å². The fourth-order valence-electron chi connectivity index (χ4n) is 2.57. The summed E-state index contributed by atoms with van der Waals surface area (Å²) >= 11 is 6.06. The molecule has 1 N–H and O–H groups in total. The van der Waals surface area contributed by atoms with Crippen molar-refractivity contribution in [3.8, 4) is 0 Å². The van der Waals surface area contributed by atoms with E-state index in [1.165, 1.54) is 12.8 Å². The minimum Gasteiger partial charge on any atom is -0.353 e. The van der Waals surface area contributed by atoms with Crippen LogP contribution in [0.3, 0.4) is 0 Å². The molecule has 0 aliphatic rings. The van der Waals surface area contributed by atoms with Crippen molar-refractivity contribution in [2.75, 3.05) is 5.75 Å². The third-order valence-electron chi connectivity index (χ3n) is 4.11. The van der Waals surface area contributed by atoms with Gasteiger partial charge in [0.1, 0.15) is 5.75 Å². The van der Waals surface area contributed by atoms with Crippen LogP contribution in [0, 0.1) is 0 Å². The van der Waals surface area contributed by atoms with Crippen molar-refractivity contribution in [2.45, 2.75) is 64.2 Å². The fourth-order valence-corrected chi connectivity index (χ4v) is 4.23. The second-order valence-corrected chi connectivity index (χ2v) is 9.02. The van der Waals surface area contributed by atoms with Gasteiger partial charge < -0.3 is 5.32 Å². The third-order valence-corrected chi connectivity index (χ3v) is 6.45. The number of hydrogen-bond acceptors (Lipinski definition) is 3. The Balaban J connectivity index is 2.57. The van der Waals surface area contributed by atoms with Crippen molar-refractivity contribution >= 4 is 27.3 Å². The molecule has 24 heavy (non-hydrogen) atoms. The van der Waals surface area contributed by atoms with Gasteiger partial charge in [0.25, 0.3) is 0 Å². The first-order chi connectivity index (χ1) is 11.3. The Hall–Kier alpha value is -1.07. The Morgan fingerprint density at radius 3 is 2.46 bits per heavy atom. The van der Waals surface area contributed by atoms with Crippen molar-refractivity contribution < 1.29 is 13.2 Å². The van der Waals surface area contributed by atoms with Crippen LogP contribution in [0.4, 0.5) is 0 Å². The molecular weight excluding hydrogens is 346 g/mol. The van der Waals surface area contributed by atoms with E-state index in [1.807, 2.05) is 6.92 Å². The van der Waals surface area contributed by atoms with Crippen molar-refractivity contribution in [3.05, 3.63) is 34.9 Å². The van der Waals surface area contributed by atoms with Gasteiger partial charge in [-0.05, 0) is 31.9 Å². The van der Waals surface area contributed by atoms with E-state index in [1.54, 1.807) is 31.2 Å². The van der Waals surface area contributed by atoms with Crippen LogP contribution in [-0.2, 0) is 14.6 Å². The number of amides is 1. The Morgan fingerprint density at radius 2 is 1.83 bits per heavy atom. The molecule has 0 radical (unpaired) electrons. The zero-order chi connectivity index (χ0) is 18.2. The molecule has 0 bridgehead atoms. The lowest BCUT2D eigenvalue weighted by Gasteiger charge is -2.17. The monoisotopic (exact) mass is 373 g/mol. The summed E-state index contributed by atoms with van der Waals surface area (Å²) in [6, 6.07) is 6.81. The second-order valence-electron chi connectivity index (χ2n) is 6.29. The molecule has 0 aliphatic heterocycles. The Labute approximate surface area is 150 Å². The summed E-state index contributed by atoms with van der Waals surface area (Å²) in [5.41, 5.74) is 0.527. The Bertz CT molecular complexity index is 631. The zero-order valence-electron chi connectivity index (χ0n) is 14.7. The predicted molar refractivity (Wildman–Crippen MR) is 100 cm³/mol. The number of carbonyl (C=O) groups is 1. The van der Waals surface area contributed by atoms with Gasteiger partial charge in [-0.2, -0.15) is 0 Å². The molecule has 0 saturated carbocycles. The van der Waals surface area contributed by atoms with E-state index in [2.05, 4.69) is 12.2 Å². The van der Waals surface area contributed by atoms with E-state index in [4.69, 9.17) is 11.6 Å². The first-order valence-corrected chi connectivity index (χ1v) is 10.6. The van der Waals surface area contributed by atoms with E-state index in [9.17, 15) is 13.2 Å². The molecule has 4 nitrogen and oxygen atoms in total. The van der Waals surface area contributed by atoms with Crippen molar-refractivity contribution in [1.82, 2.24) is 5.32 Å². The minimum absolute atomic E-state index is 0.0137. The summed E-state index contributed by atoms with van der Waals surface area (Å²) < 4.78 is 24.9. The van der Waals surface area contributed by atoms with Crippen molar-refractivity contribution in [3.63, 3.8) is 0 Å². The summed E-state index contributed by atoms with van der Waals surface area (Å²) in [7, 11) is -3.61. The SMILES string of the molecule is CCCCCC[C@H](C)NC(=O)CS(=O)(=O)[C@H](C)c1ccccc1Cl. The van der Waals surface area contributed by atoms with Crippen LogP contribution in [-0.4, -0.2) is 26.1 Å². The molecule has 2 atom stereocenters. The van der Waals surface area contributed by atoms with Gasteiger partial charge in [-0.25, -0.2) is 8.42 Å². The van der Waals surface area contributed by atoms with Gasteiger partial charge in [-0.1, -0.05) is 62.4 Å². The molecule has 6 heteroatoms. The topological polar surface area (TPSA) is 63.2 Å². The third kappa shape index (κ3) is 6.81.